The summed E-state index contributed by atoms with van der Waals surface area (Å²) in [5.41, 5.74) is 0.966. The van der Waals surface area contributed by atoms with Gasteiger partial charge < -0.3 is 9.64 Å². The Morgan fingerprint density at radius 3 is 2.60 bits per heavy atom. The van der Waals surface area contributed by atoms with Crippen LogP contribution in [-0.2, 0) is 35.5 Å². The lowest BCUT2D eigenvalue weighted by Crippen LogP contribution is -2.43. The normalized spacial score (nSPS) is 21.7. The highest BCUT2D eigenvalue weighted by molar-refractivity contribution is 7.91. The van der Waals surface area contributed by atoms with Crippen LogP contribution in [0.15, 0.2) is 35.4 Å². The monoisotopic (exact) mass is 435 g/mol. The average molecular weight is 436 g/mol. The minimum Gasteiger partial charge on any atom is -0.448 e. The Bertz CT molecular complexity index is 960. The maximum absolute atomic E-state index is 12.5. The summed E-state index contributed by atoms with van der Waals surface area (Å²) < 4.78 is 28.7. The first-order chi connectivity index (χ1) is 14.2. The van der Waals surface area contributed by atoms with Crippen molar-refractivity contribution in [3.63, 3.8) is 0 Å². The van der Waals surface area contributed by atoms with E-state index in [1.807, 2.05) is 30.3 Å². The summed E-state index contributed by atoms with van der Waals surface area (Å²) in [6.07, 6.45) is -0.597. The highest BCUT2D eigenvalue weighted by Gasteiger charge is 2.38. The van der Waals surface area contributed by atoms with Crippen molar-refractivity contribution in [2.24, 2.45) is 5.10 Å². The maximum Gasteiger partial charge on any atom is 0.355 e. The summed E-state index contributed by atoms with van der Waals surface area (Å²) in [4.78, 5) is 38.7. The molecule has 2 atom stereocenters. The molecule has 0 bridgehead atoms. The van der Waals surface area contributed by atoms with Crippen LogP contribution in [0.25, 0.3) is 0 Å². The van der Waals surface area contributed by atoms with E-state index in [0.29, 0.717) is 13.0 Å². The van der Waals surface area contributed by atoms with Crippen LogP contribution in [0.2, 0.25) is 0 Å². The van der Waals surface area contributed by atoms with Crippen molar-refractivity contribution in [2.45, 2.75) is 44.9 Å². The number of carbonyl (C=O) groups is 3. The van der Waals surface area contributed by atoms with Crippen LogP contribution >= 0.6 is 0 Å². The van der Waals surface area contributed by atoms with Gasteiger partial charge in [-0.3, -0.25) is 9.59 Å². The molecule has 1 aromatic rings. The van der Waals surface area contributed by atoms with Gasteiger partial charge in [-0.05, 0) is 18.9 Å². The smallest absolute Gasteiger partial charge is 0.355 e. The van der Waals surface area contributed by atoms with E-state index >= 15 is 0 Å². The number of hydrogen-bond donors (Lipinski definition) is 0. The van der Waals surface area contributed by atoms with Gasteiger partial charge >= 0.3 is 5.97 Å². The maximum atomic E-state index is 12.5. The molecule has 0 spiro atoms. The number of ether oxygens (including phenoxy) is 1. The van der Waals surface area contributed by atoms with E-state index in [0.717, 1.165) is 10.6 Å². The van der Waals surface area contributed by atoms with Crippen LogP contribution in [0.4, 0.5) is 0 Å². The van der Waals surface area contributed by atoms with Crippen LogP contribution < -0.4 is 0 Å². The molecule has 0 radical (unpaired) electrons. The molecule has 0 aliphatic carbocycles. The third-order valence-electron chi connectivity index (χ3n) is 5.12. The molecular formula is C20H25N3O6S. The number of likely N-dealkylation sites (N-methyl/N-ethyl adjacent to an activating group) is 1. The summed E-state index contributed by atoms with van der Waals surface area (Å²) in [6.45, 7) is 1.86. The Kier molecular flexibility index (Phi) is 6.55. The first kappa shape index (κ1) is 21.9. The van der Waals surface area contributed by atoms with Crippen molar-refractivity contribution < 1.29 is 27.5 Å². The molecule has 10 heteroatoms. The van der Waals surface area contributed by atoms with Crippen molar-refractivity contribution in [1.29, 1.82) is 0 Å². The number of esters is 1. The third-order valence-corrected chi connectivity index (χ3v) is 6.87. The van der Waals surface area contributed by atoms with Gasteiger partial charge in [0.1, 0.15) is 5.71 Å². The van der Waals surface area contributed by atoms with E-state index < -0.39 is 28.0 Å². The number of benzene rings is 1. The standard InChI is InChI=1S/C20H25N3O6S/c1-14(19(25)22(2)12-15-6-4-3-5-7-15)29-20(26)17-8-9-18(24)23(21-17)16-10-11-30(27,28)13-16/h3-7,14,16H,8-13H2,1-2H3/t14-,16+/m0/s1. The van der Waals surface area contributed by atoms with Gasteiger partial charge in [-0.2, -0.15) is 5.10 Å². The van der Waals surface area contributed by atoms with Gasteiger partial charge in [0.15, 0.2) is 15.9 Å². The molecule has 0 N–H and O–H groups in total. The van der Waals surface area contributed by atoms with Gasteiger partial charge in [0.25, 0.3) is 5.91 Å². The number of rotatable bonds is 6. The number of amides is 2. The molecule has 2 aliphatic heterocycles. The van der Waals surface area contributed by atoms with E-state index in [-0.39, 0.29) is 41.9 Å². The highest BCUT2D eigenvalue weighted by atomic mass is 32.2. The van der Waals surface area contributed by atoms with Crippen molar-refractivity contribution in [3.05, 3.63) is 35.9 Å². The number of carbonyl (C=O) groups excluding carboxylic acids is 3. The van der Waals surface area contributed by atoms with E-state index in [2.05, 4.69) is 5.10 Å². The quantitative estimate of drug-likeness (QED) is 0.609. The van der Waals surface area contributed by atoms with Crippen LogP contribution in [-0.4, -0.2) is 72.5 Å². The Morgan fingerprint density at radius 1 is 1.27 bits per heavy atom. The Balaban J connectivity index is 1.62. The summed E-state index contributed by atoms with van der Waals surface area (Å²) in [5, 5.41) is 5.17. The van der Waals surface area contributed by atoms with Crippen LogP contribution in [0.5, 0.6) is 0 Å². The summed E-state index contributed by atoms with van der Waals surface area (Å²) in [7, 11) is -1.58. The predicted molar refractivity (Wildman–Crippen MR) is 109 cm³/mol. The number of hydrogen-bond acceptors (Lipinski definition) is 7. The second-order valence-electron chi connectivity index (χ2n) is 7.57. The fourth-order valence-electron chi connectivity index (χ4n) is 3.50. The van der Waals surface area contributed by atoms with Crippen LogP contribution in [0, 0.1) is 0 Å². The lowest BCUT2D eigenvalue weighted by atomic mass is 10.1. The molecule has 0 saturated carbocycles. The van der Waals surface area contributed by atoms with E-state index in [9.17, 15) is 22.8 Å². The largest absolute Gasteiger partial charge is 0.448 e. The number of sulfone groups is 1. The van der Waals surface area contributed by atoms with Crippen LogP contribution in [0.1, 0.15) is 31.7 Å². The zero-order valence-electron chi connectivity index (χ0n) is 17.0. The zero-order chi connectivity index (χ0) is 21.9. The van der Waals surface area contributed by atoms with Crippen molar-refractivity contribution >= 4 is 33.3 Å². The summed E-state index contributed by atoms with van der Waals surface area (Å²) in [5.74, 6) is -1.62. The second-order valence-corrected chi connectivity index (χ2v) is 9.80. The minimum absolute atomic E-state index is 0.00394. The molecular weight excluding hydrogens is 410 g/mol. The molecule has 1 fully saturated rings. The fraction of sp³-hybridized carbons (Fsp3) is 0.500. The van der Waals surface area contributed by atoms with Gasteiger partial charge in [0.05, 0.1) is 17.5 Å². The van der Waals surface area contributed by atoms with E-state index in [1.165, 1.54) is 11.8 Å². The van der Waals surface area contributed by atoms with Crippen LogP contribution in [0.3, 0.4) is 0 Å². The van der Waals surface area contributed by atoms with Crippen molar-refractivity contribution in [1.82, 2.24) is 9.91 Å². The molecule has 2 aliphatic rings. The first-order valence-electron chi connectivity index (χ1n) is 9.76. The molecule has 3 rings (SSSR count). The Labute approximate surface area is 175 Å². The Hall–Kier alpha value is -2.75. The van der Waals surface area contributed by atoms with Gasteiger partial charge in [-0.1, -0.05) is 30.3 Å². The molecule has 1 saturated heterocycles. The molecule has 2 amide bonds. The molecule has 2 heterocycles. The molecule has 162 valence electrons. The molecule has 9 nitrogen and oxygen atoms in total. The topological polar surface area (TPSA) is 113 Å². The molecule has 30 heavy (non-hydrogen) atoms. The average Bonchev–Trinajstić information content (AvgIpc) is 3.07. The molecule has 0 unspecified atom stereocenters. The van der Waals surface area contributed by atoms with Gasteiger partial charge in [0, 0.05) is 26.4 Å². The van der Waals surface area contributed by atoms with Gasteiger partial charge in [-0.25, -0.2) is 18.2 Å². The molecule has 1 aromatic carbocycles. The Morgan fingerprint density at radius 2 is 1.97 bits per heavy atom. The summed E-state index contributed by atoms with van der Waals surface area (Å²) in [6, 6.07) is 8.86. The van der Waals surface area contributed by atoms with Crippen molar-refractivity contribution in [3.8, 4) is 0 Å². The third kappa shape index (κ3) is 5.24. The lowest BCUT2D eigenvalue weighted by molar-refractivity contribution is -0.153. The number of nitrogens with zero attached hydrogens (tertiary/aromatic N) is 3. The molecule has 0 aromatic heterocycles. The lowest BCUT2D eigenvalue weighted by Gasteiger charge is -2.28. The van der Waals surface area contributed by atoms with Gasteiger partial charge in [-0.15, -0.1) is 0 Å². The zero-order valence-corrected chi connectivity index (χ0v) is 17.8. The van der Waals surface area contributed by atoms with E-state index in [1.54, 1.807) is 7.05 Å². The van der Waals surface area contributed by atoms with Gasteiger partial charge in [0.2, 0.25) is 5.91 Å². The number of hydrazone groups is 1. The fourth-order valence-corrected chi connectivity index (χ4v) is 5.19. The minimum atomic E-state index is -3.20. The summed E-state index contributed by atoms with van der Waals surface area (Å²) >= 11 is 0. The van der Waals surface area contributed by atoms with E-state index in [4.69, 9.17) is 4.74 Å². The first-order valence-corrected chi connectivity index (χ1v) is 11.6. The van der Waals surface area contributed by atoms with Crippen molar-refractivity contribution in [2.75, 3.05) is 18.6 Å². The second kappa shape index (κ2) is 8.95. The highest BCUT2D eigenvalue weighted by Crippen LogP contribution is 2.22. The SMILES string of the molecule is C[C@H](OC(=O)C1=NN([C@@H]2CCS(=O)(=O)C2)C(=O)CC1)C(=O)N(C)Cc1ccccc1. The predicted octanol–water partition coefficient (Wildman–Crippen LogP) is 0.742.